The summed E-state index contributed by atoms with van der Waals surface area (Å²) in [6.07, 6.45) is 3.11. The van der Waals surface area contributed by atoms with Crippen LogP contribution in [0.3, 0.4) is 0 Å². The average molecular weight is 391 g/mol. The Kier molecular flexibility index (Phi) is 6.85. The van der Waals surface area contributed by atoms with E-state index in [1.165, 1.54) is 12.4 Å². The van der Waals surface area contributed by atoms with Crippen molar-refractivity contribution in [3.63, 3.8) is 0 Å². The Morgan fingerprint density at radius 1 is 1.00 bits per heavy atom. The maximum absolute atomic E-state index is 12.3. The molecule has 0 saturated heterocycles. The topological polar surface area (TPSA) is 129 Å². The lowest BCUT2D eigenvalue weighted by atomic mass is 10.1. The van der Waals surface area contributed by atoms with Gasteiger partial charge in [0.2, 0.25) is 5.91 Å². The van der Waals surface area contributed by atoms with E-state index in [1.54, 1.807) is 50.2 Å². The van der Waals surface area contributed by atoms with E-state index in [4.69, 9.17) is 0 Å². The first-order valence-electron chi connectivity index (χ1n) is 8.34. The summed E-state index contributed by atoms with van der Waals surface area (Å²) < 4.78 is 11.6. The smallest absolute Gasteiger partial charge is 0.325 e. The van der Waals surface area contributed by atoms with Gasteiger partial charge in [0.25, 0.3) is 5.91 Å². The van der Waals surface area contributed by atoms with Crippen molar-refractivity contribution < 1.29 is 23.9 Å². The zero-order valence-electron chi connectivity index (χ0n) is 15.0. The summed E-state index contributed by atoms with van der Waals surface area (Å²) >= 11 is 0. The Morgan fingerprint density at radius 3 is 2.00 bits per heavy atom. The minimum atomic E-state index is -4.56. The second kappa shape index (κ2) is 8.90. The van der Waals surface area contributed by atoms with Crippen molar-refractivity contribution in [3.05, 3.63) is 54.4 Å². The summed E-state index contributed by atoms with van der Waals surface area (Å²) in [6.45, 7) is 3.58. The number of benzene rings is 1. The average Bonchev–Trinajstić information content (AvgIpc) is 2.61. The monoisotopic (exact) mass is 391 g/mol. The highest BCUT2D eigenvalue weighted by Gasteiger charge is 2.36. The van der Waals surface area contributed by atoms with E-state index in [9.17, 15) is 23.9 Å². The zero-order chi connectivity index (χ0) is 20.0. The van der Waals surface area contributed by atoms with E-state index in [2.05, 4.69) is 15.6 Å². The van der Waals surface area contributed by atoms with Gasteiger partial charge in [0, 0.05) is 29.3 Å². The highest BCUT2D eigenvalue weighted by atomic mass is 31.2. The Bertz CT molecular complexity index is 834. The third kappa shape index (κ3) is 6.29. The van der Waals surface area contributed by atoms with Gasteiger partial charge >= 0.3 is 7.60 Å². The van der Waals surface area contributed by atoms with Gasteiger partial charge in [-0.15, -0.1) is 0 Å². The molecule has 2 amide bonds. The SMILES string of the molecule is CC(C)CC(C(=O)Nc1ccc(NC(=O)c2ccncc2)cc1)P(=O)(O)O. The number of rotatable bonds is 7. The Morgan fingerprint density at radius 2 is 1.52 bits per heavy atom. The quantitative estimate of drug-likeness (QED) is 0.537. The van der Waals surface area contributed by atoms with E-state index in [0.29, 0.717) is 16.9 Å². The van der Waals surface area contributed by atoms with Crippen LogP contribution in [0.1, 0.15) is 30.6 Å². The molecule has 0 aliphatic carbocycles. The van der Waals surface area contributed by atoms with Gasteiger partial charge in [-0.2, -0.15) is 0 Å². The summed E-state index contributed by atoms with van der Waals surface area (Å²) in [7, 11) is -4.56. The summed E-state index contributed by atoms with van der Waals surface area (Å²) in [4.78, 5) is 47.0. The number of pyridine rings is 1. The van der Waals surface area contributed by atoms with Gasteiger partial charge in [0.05, 0.1) is 0 Å². The van der Waals surface area contributed by atoms with Crippen molar-refractivity contribution in [1.29, 1.82) is 0 Å². The first kappa shape index (κ1) is 20.8. The molecule has 4 N–H and O–H groups in total. The Balaban J connectivity index is 2.03. The molecule has 1 atom stereocenters. The maximum Gasteiger partial charge on any atom is 0.337 e. The molecule has 0 spiro atoms. The van der Waals surface area contributed by atoms with Crippen LogP contribution in [-0.4, -0.2) is 32.2 Å². The number of hydrogen-bond acceptors (Lipinski definition) is 4. The molecule has 2 rings (SSSR count). The largest absolute Gasteiger partial charge is 0.337 e. The molecule has 9 heteroatoms. The number of nitrogens with one attached hydrogen (secondary N) is 2. The third-order valence-corrected chi connectivity index (χ3v) is 5.01. The predicted molar refractivity (Wildman–Crippen MR) is 103 cm³/mol. The maximum atomic E-state index is 12.3. The predicted octanol–water partition coefficient (Wildman–Crippen LogP) is 2.86. The number of carbonyl (C=O) groups excluding carboxylic acids is 2. The summed E-state index contributed by atoms with van der Waals surface area (Å²) in [5, 5.41) is 5.22. The lowest BCUT2D eigenvalue weighted by Crippen LogP contribution is -2.29. The fraction of sp³-hybridized carbons (Fsp3) is 0.278. The van der Waals surface area contributed by atoms with Gasteiger partial charge in [-0.05, 0) is 48.7 Å². The fourth-order valence-electron chi connectivity index (χ4n) is 2.41. The van der Waals surface area contributed by atoms with Crippen LogP contribution < -0.4 is 10.6 Å². The van der Waals surface area contributed by atoms with Crippen molar-refractivity contribution in [2.24, 2.45) is 5.92 Å². The molecule has 0 bridgehead atoms. The number of aromatic nitrogens is 1. The zero-order valence-corrected chi connectivity index (χ0v) is 15.9. The highest BCUT2D eigenvalue weighted by molar-refractivity contribution is 7.53. The van der Waals surface area contributed by atoms with Crippen LogP contribution >= 0.6 is 7.60 Å². The van der Waals surface area contributed by atoms with Crippen molar-refractivity contribution >= 4 is 30.8 Å². The number of hydrogen-bond donors (Lipinski definition) is 4. The van der Waals surface area contributed by atoms with Crippen LogP contribution in [0.15, 0.2) is 48.8 Å². The molecule has 144 valence electrons. The minimum absolute atomic E-state index is 0.0425. The van der Waals surface area contributed by atoms with Crippen LogP contribution in [0.2, 0.25) is 0 Å². The molecule has 1 aromatic heterocycles. The normalized spacial score (nSPS) is 12.5. The molecule has 8 nitrogen and oxygen atoms in total. The number of nitrogens with zero attached hydrogens (tertiary/aromatic N) is 1. The lowest BCUT2D eigenvalue weighted by Gasteiger charge is -2.19. The van der Waals surface area contributed by atoms with E-state index in [1.807, 2.05) is 0 Å². The summed E-state index contributed by atoms with van der Waals surface area (Å²) in [5.74, 6) is -1.07. The van der Waals surface area contributed by atoms with Crippen molar-refractivity contribution in [2.45, 2.75) is 25.9 Å². The van der Waals surface area contributed by atoms with E-state index in [0.717, 1.165) is 0 Å². The van der Waals surface area contributed by atoms with Gasteiger partial charge in [-0.3, -0.25) is 19.1 Å². The Labute approximate surface area is 157 Å². The fourth-order valence-corrected chi connectivity index (χ4v) is 3.48. The molecule has 0 radical (unpaired) electrons. The van der Waals surface area contributed by atoms with Gasteiger partial charge in [-0.25, -0.2) is 0 Å². The first-order valence-corrected chi connectivity index (χ1v) is 10.0. The van der Waals surface area contributed by atoms with E-state index in [-0.39, 0.29) is 18.2 Å². The van der Waals surface area contributed by atoms with Crippen LogP contribution in [0.25, 0.3) is 0 Å². The standard InChI is InChI=1S/C18H22N3O5P/c1-12(2)11-16(27(24,25)26)18(23)21-15-5-3-14(4-6-15)20-17(22)13-7-9-19-10-8-13/h3-10,12,16H,11H2,1-2H3,(H,20,22)(H,21,23)(H2,24,25,26). The van der Waals surface area contributed by atoms with Gasteiger partial charge in [0.1, 0.15) is 5.66 Å². The number of amides is 2. The highest BCUT2D eigenvalue weighted by Crippen LogP contribution is 2.44. The molecule has 0 fully saturated rings. The second-order valence-corrected chi connectivity index (χ2v) is 8.29. The van der Waals surface area contributed by atoms with Crippen molar-refractivity contribution in [2.75, 3.05) is 10.6 Å². The van der Waals surface area contributed by atoms with Gasteiger partial charge in [-0.1, -0.05) is 13.8 Å². The van der Waals surface area contributed by atoms with Crippen LogP contribution in [0.5, 0.6) is 0 Å². The second-order valence-electron chi connectivity index (χ2n) is 6.49. The minimum Gasteiger partial charge on any atom is -0.325 e. The third-order valence-electron chi connectivity index (χ3n) is 3.76. The molecule has 27 heavy (non-hydrogen) atoms. The number of anilines is 2. The van der Waals surface area contributed by atoms with Gasteiger partial charge in [0.15, 0.2) is 0 Å². The molecule has 0 aliphatic heterocycles. The van der Waals surface area contributed by atoms with Crippen LogP contribution in [0, 0.1) is 5.92 Å². The molecule has 1 unspecified atom stereocenters. The Hall–Kier alpha value is -2.54. The van der Waals surface area contributed by atoms with Crippen molar-refractivity contribution in [1.82, 2.24) is 4.98 Å². The lowest BCUT2D eigenvalue weighted by molar-refractivity contribution is -0.116. The van der Waals surface area contributed by atoms with Gasteiger partial charge < -0.3 is 20.4 Å². The molecule has 1 heterocycles. The van der Waals surface area contributed by atoms with Crippen LogP contribution in [-0.2, 0) is 9.36 Å². The summed E-state index contributed by atoms with van der Waals surface area (Å²) in [5.41, 5.74) is -0.0447. The molecule has 0 saturated carbocycles. The number of carbonyl (C=O) groups is 2. The van der Waals surface area contributed by atoms with Crippen LogP contribution in [0.4, 0.5) is 11.4 Å². The van der Waals surface area contributed by atoms with E-state index >= 15 is 0 Å². The van der Waals surface area contributed by atoms with E-state index < -0.39 is 19.2 Å². The molecular weight excluding hydrogens is 369 g/mol. The first-order chi connectivity index (χ1) is 12.7. The molecular formula is C18H22N3O5P. The molecule has 0 aliphatic rings. The summed E-state index contributed by atoms with van der Waals surface area (Å²) in [6, 6.07) is 9.44. The molecule has 2 aromatic rings. The molecule has 1 aromatic carbocycles. The van der Waals surface area contributed by atoms with Crippen molar-refractivity contribution in [3.8, 4) is 0 Å².